The summed E-state index contributed by atoms with van der Waals surface area (Å²) in [5, 5.41) is 4.19. The summed E-state index contributed by atoms with van der Waals surface area (Å²) in [6, 6.07) is 9.03. The minimum Gasteiger partial charge on any atom is -0.489 e. The molecule has 0 spiro atoms. The Hall–Kier alpha value is -2.02. The van der Waals surface area contributed by atoms with E-state index >= 15 is 0 Å². The Morgan fingerprint density at radius 2 is 1.97 bits per heavy atom. The van der Waals surface area contributed by atoms with Crippen molar-refractivity contribution in [1.29, 1.82) is 0 Å². The van der Waals surface area contributed by atoms with E-state index in [0.29, 0.717) is 28.1 Å². The fourth-order valence-electron chi connectivity index (χ4n) is 3.84. The summed E-state index contributed by atoms with van der Waals surface area (Å²) >= 11 is 12.1. The normalized spacial score (nSPS) is 19.7. The number of aromatic nitrogens is 1. The average Bonchev–Trinajstić information content (AvgIpc) is 3.27. The van der Waals surface area contributed by atoms with Crippen molar-refractivity contribution >= 4 is 40.6 Å². The first-order chi connectivity index (χ1) is 14.6. The zero-order chi connectivity index (χ0) is 20.9. The van der Waals surface area contributed by atoms with Crippen LogP contribution >= 0.6 is 23.2 Å². The lowest BCUT2D eigenvalue weighted by Crippen LogP contribution is -2.38. The molecule has 6 nitrogen and oxygen atoms in total. The summed E-state index contributed by atoms with van der Waals surface area (Å²) in [5.74, 6) is 1.42. The standard InChI is InChI=1S/C22H25Cl2N3O3/c23-16-3-5-20(30-14-18-2-1-11-29-18)19(12-16)26-22(28)15-7-9-27(10-8-15)21-6-4-17(24)13-25-21/h3-6,12-13,15,18H,1-2,7-11,14H2,(H,26,28). The highest BCUT2D eigenvalue weighted by Gasteiger charge is 2.26. The number of nitrogens with one attached hydrogen (secondary N) is 1. The zero-order valence-electron chi connectivity index (χ0n) is 16.7. The number of hydrogen-bond acceptors (Lipinski definition) is 5. The van der Waals surface area contributed by atoms with Gasteiger partial charge in [-0.1, -0.05) is 23.2 Å². The van der Waals surface area contributed by atoms with Gasteiger partial charge in [-0.05, 0) is 56.0 Å². The van der Waals surface area contributed by atoms with E-state index in [1.54, 1.807) is 24.4 Å². The van der Waals surface area contributed by atoms with E-state index in [9.17, 15) is 4.79 Å². The van der Waals surface area contributed by atoms with Crippen LogP contribution in [0, 0.1) is 5.92 Å². The number of hydrogen-bond donors (Lipinski definition) is 1. The third-order valence-electron chi connectivity index (χ3n) is 5.55. The van der Waals surface area contributed by atoms with Crippen LogP contribution < -0.4 is 15.0 Å². The molecular weight excluding hydrogens is 425 g/mol. The van der Waals surface area contributed by atoms with Crippen LogP contribution in [0.4, 0.5) is 11.5 Å². The summed E-state index contributed by atoms with van der Waals surface area (Å²) in [6.07, 6.45) is 5.31. The number of benzene rings is 1. The number of carbonyl (C=O) groups excluding carboxylic acids is 1. The molecule has 1 aromatic heterocycles. The Balaban J connectivity index is 1.34. The van der Waals surface area contributed by atoms with Crippen molar-refractivity contribution in [2.24, 2.45) is 5.92 Å². The fourth-order valence-corrected chi connectivity index (χ4v) is 4.13. The van der Waals surface area contributed by atoms with E-state index < -0.39 is 0 Å². The van der Waals surface area contributed by atoms with Crippen LogP contribution in [-0.4, -0.2) is 43.3 Å². The van der Waals surface area contributed by atoms with E-state index in [1.165, 1.54) is 0 Å². The van der Waals surface area contributed by atoms with Crippen LogP contribution in [0.25, 0.3) is 0 Å². The Labute approximate surface area is 186 Å². The second kappa shape index (κ2) is 9.86. The van der Waals surface area contributed by atoms with E-state index in [-0.39, 0.29) is 17.9 Å². The maximum atomic E-state index is 12.9. The highest BCUT2D eigenvalue weighted by Crippen LogP contribution is 2.31. The van der Waals surface area contributed by atoms with Crippen LogP contribution in [0.5, 0.6) is 5.75 Å². The molecule has 0 saturated carbocycles. The third kappa shape index (κ3) is 5.36. The number of carbonyl (C=O) groups is 1. The minimum atomic E-state index is -0.0708. The molecule has 2 aromatic rings. The second-order valence-corrected chi connectivity index (χ2v) is 8.54. The van der Waals surface area contributed by atoms with Crippen molar-refractivity contribution < 1.29 is 14.3 Å². The van der Waals surface area contributed by atoms with Crippen LogP contribution in [0.3, 0.4) is 0 Å². The van der Waals surface area contributed by atoms with Gasteiger partial charge in [0.2, 0.25) is 5.91 Å². The fraction of sp³-hybridized carbons (Fsp3) is 0.455. The van der Waals surface area contributed by atoms with Crippen LogP contribution in [0.2, 0.25) is 10.0 Å². The van der Waals surface area contributed by atoms with Gasteiger partial charge in [-0.3, -0.25) is 4.79 Å². The summed E-state index contributed by atoms with van der Waals surface area (Å²) in [6.45, 7) is 2.79. The lowest BCUT2D eigenvalue weighted by atomic mass is 9.95. The van der Waals surface area contributed by atoms with Gasteiger partial charge in [0.15, 0.2) is 0 Å². The van der Waals surface area contributed by atoms with E-state index in [0.717, 1.165) is 51.2 Å². The average molecular weight is 450 g/mol. The van der Waals surface area contributed by atoms with Crippen molar-refractivity contribution in [3.05, 3.63) is 46.6 Å². The number of halogens is 2. The Morgan fingerprint density at radius 1 is 1.17 bits per heavy atom. The second-order valence-electron chi connectivity index (χ2n) is 7.67. The maximum absolute atomic E-state index is 12.9. The van der Waals surface area contributed by atoms with Gasteiger partial charge in [0.25, 0.3) is 0 Å². The van der Waals surface area contributed by atoms with Gasteiger partial charge in [-0.15, -0.1) is 0 Å². The number of ether oxygens (including phenoxy) is 2. The van der Waals surface area contributed by atoms with Crippen molar-refractivity contribution in [2.75, 3.05) is 36.5 Å². The molecule has 30 heavy (non-hydrogen) atoms. The zero-order valence-corrected chi connectivity index (χ0v) is 18.2. The van der Waals surface area contributed by atoms with Gasteiger partial charge in [0.05, 0.1) is 16.8 Å². The van der Waals surface area contributed by atoms with Gasteiger partial charge in [-0.2, -0.15) is 0 Å². The lowest BCUT2D eigenvalue weighted by Gasteiger charge is -2.32. The molecule has 1 N–H and O–H groups in total. The number of piperidine rings is 1. The van der Waals surface area contributed by atoms with Crippen LogP contribution in [0.1, 0.15) is 25.7 Å². The minimum absolute atomic E-state index is 0.0112. The number of amides is 1. The van der Waals surface area contributed by atoms with Crippen molar-refractivity contribution in [2.45, 2.75) is 31.8 Å². The Morgan fingerprint density at radius 3 is 2.67 bits per heavy atom. The van der Waals surface area contributed by atoms with Gasteiger partial charge >= 0.3 is 0 Å². The molecule has 8 heteroatoms. The Bertz CT molecular complexity index is 864. The predicted octanol–water partition coefficient (Wildman–Crippen LogP) is 4.80. The Kier molecular flexibility index (Phi) is 6.97. The lowest BCUT2D eigenvalue weighted by molar-refractivity contribution is -0.120. The monoisotopic (exact) mass is 449 g/mol. The molecule has 1 aromatic carbocycles. The van der Waals surface area contributed by atoms with Gasteiger partial charge < -0.3 is 19.7 Å². The van der Waals surface area contributed by atoms with E-state index in [4.69, 9.17) is 32.7 Å². The SMILES string of the molecule is O=C(Nc1cc(Cl)ccc1OCC1CCCO1)C1CCN(c2ccc(Cl)cn2)CC1. The van der Waals surface area contributed by atoms with Gasteiger partial charge in [-0.25, -0.2) is 4.98 Å². The summed E-state index contributed by atoms with van der Waals surface area (Å²) < 4.78 is 11.5. The molecule has 160 valence electrons. The highest BCUT2D eigenvalue weighted by molar-refractivity contribution is 6.31. The molecule has 4 rings (SSSR count). The molecule has 2 aliphatic heterocycles. The predicted molar refractivity (Wildman–Crippen MR) is 119 cm³/mol. The summed E-state index contributed by atoms with van der Waals surface area (Å²) in [7, 11) is 0. The largest absolute Gasteiger partial charge is 0.489 e. The number of anilines is 2. The summed E-state index contributed by atoms with van der Waals surface area (Å²) in [5.41, 5.74) is 0.604. The maximum Gasteiger partial charge on any atom is 0.227 e. The molecule has 0 aliphatic carbocycles. The van der Waals surface area contributed by atoms with E-state index in [1.807, 2.05) is 12.1 Å². The molecule has 2 aliphatic rings. The molecule has 2 fully saturated rings. The van der Waals surface area contributed by atoms with Crippen LogP contribution in [0.15, 0.2) is 36.5 Å². The first-order valence-electron chi connectivity index (χ1n) is 10.3. The molecule has 0 bridgehead atoms. The highest BCUT2D eigenvalue weighted by atomic mass is 35.5. The van der Waals surface area contributed by atoms with Crippen molar-refractivity contribution in [3.63, 3.8) is 0 Å². The third-order valence-corrected chi connectivity index (χ3v) is 6.01. The van der Waals surface area contributed by atoms with Crippen molar-refractivity contribution in [1.82, 2.24) is 4.98 Å². The van der Waals surface area contributed by atoms with Crippen molar-refractivity contribution in [3.8, 4) is 5.75 Å². The summed E-state index contributed by atoms with van der Waals surface area (Å²) in [4.78, 5) is 19.4. The molecule has 1 amide bonds. The first-order valence-corrected chi connectivity index (χ1v) is 11.1. The molecular formula is C22H25Cl2N3O3. The topological polar surface area (TPSA) is 63.7 Å². The first kappa shape index (κ1) is 21.2. The van der Waals surface area contributed by atoms with Crippen LogP contribution in [-0.2, 0) is 9.53 Å². The molecule has 2 saturated heterocycles. The number of rotatable bonds is 6. The quantitative estimate of drug-likeness (QED) is 0.685. The molecule has 1 unspecified atom stereocenters. The van der Waals surface area contributed by atoms with Gasteiger partial charge in [0, 0.05) is 36.8 Å². The smallest absolute Gasteiger partial charge is 0.227 e. The number of nitrogens with zero attached hydrogens (tertiary/aromatic N) is 2. The molecule has 3 heterocycles. The molecule has 0 radical (unpaired) electrons. The molecule has 1 atom stereocenters. The van der Waals surface area contributed by atoms with E-state index in [2.05, 4.69) is 15.2 Å². The van der Waals surface area contributed by atoms with Gasteiger partial charge in [0.1, 0.15) is 18.2 Å². The number of pyridine rings is 1.